The highest BCUT2D eigenvalue weighted by atomic mass is 32.1. The summed E-state index contributed by atoms with van der Waals surface area (Å²) >= 11 is 1.62. The zero-order chi connectivity index (χ0) is 16.1. The largest absolute Gasteiger partial charge is 0.491 e. The Hall–Kier alpha value is -2.14. The fraction of sp³-hybridized carbons (Fsp3) is 0.333. The molecule has 0 aliphatic carbocycles. The predicted molar refractivity (Wildman–Crippen MR) is 96.6 cm³/mol. The van der Waals surface area contributed by atoms with Crippen molar-refractivity contribution in [2.45, 2.75) is 26.7 Å². The van der Waals surface area contributed by atoms with Crippen molar-refractivity contribution in [3.63, 3.8) is 0 Å². The van der Waals surface area contributed by atoms with Crippen LogP contribution in [0.15, 0.2) is 36.0 Å². The molecule has 0 bridgehead atoms. The van der Waals surface area contributed by atoms with E-state index in [1.54, 1.807) is 17.7 Å². The van der Waals surface area contributed by atoms with Crippen molar-refractivity contribution >= 4 is 27.4 Å². The van der Waals surface area contributed by atoms with Gasteiger partial charge in [-0.2, -0.15) is 0 Å². The second kappa shape index (κ2) is 7.42. The standard InChI is InChI=1S/C18H21N3OS/c1-3-4-14-5-6-16(13(2)11-14)22-9-8-19-17-15-7-10-23-18(15)21-12-20-17/h5-7,10-12H,3-4,8-9H2,1-2H3,(H,19,20,21). The molecule has 0 saturated carbocycles. The molecule has 1 N–H and O–H groups in total. The van der Waals surface area contributed by atoms with Gasteiger partial charge in [-0.15, -0.1) is 11.3 Å². The van der Waals surface area contributed by atoms with Crippen LogP contribution in [0.4, 0.5) is 5.82 Å². The average Bonchev–Trinajstić information content (AvgIpc) is 3.03. The lowest BCUT2D eigenvalue weighted by molar-refractivity contribution is 0.330. The number of anilines is 1. The van der Waals surface area contributed by atoms with Gasteiger partial charge < -0.3 is 10.1 Å². The van der Waals surface area contributed by atoms with Crippen molar-refractivity contribution in [1.82, 2.24) is 9.97 Å². The van der Waals surface area contributed by atoms with E-state index >= 15 is 0 Å². The van der Waals surface area contributed by atoms with Gasteiger partial charge in [-0.3, -0.25) is 0 Å². The van der Waals surface area contributed by atoms with Gasteiger partial charge in [0.25, 0.3) is 0 Å². The smallest absolute Gasteiger partial charge is 0.138 e. The number of ether oxygens (including phenoxy) is 1. The molecule has 3 aromatic rings. The Morgan fingerprint density at radius 2 is 2.13 bits per heavy atom. The first-order chi connectivity index (χ1) is 11.3. The topological polar surface area (TPSA) is 47.0 Å². The van der Waals surface area contributed by atoms with E-state index in [0.717, 1.165) is 28.2 Å². The molecular formula is C18H21N3OS. The van der Waals surface area contributed by atoms with Gasteiger partial charge in [-0.1, -0.05) is 25.5 Å². The number of rotatable bonds is 7. The number of nitrogens with zero attached hydrogens (tertiary/aromatic N) is 2. The molecule has 23 heavy (non-hydrogen) atoms. The van der Waals surface area contributed by atoms with Crippen molar-refractivity contribution in [1.29, 1.82) is 0 Å². The Kier molecular flexibility index (Phi) is 5.08. The third-order valence-electron chi connectivity index (χ3n) is 3.69. The number of benzene rings is 1. The first-order valence-corrected chi connectivity index (χ1v) is 8.80. The normalized spacial score (nSPS) is 10.9. The molecule has 2 aromatic heterocycles. The molecule has 5 heteroatoms. The maximum Gasteiger partial charge on any atom is 0.138 e. The summed E-state index contributed by atoms with van der Waals surface area (Å²) in [6.07, 6.45) is 3.88. The average molecular weight is 327 g/mol. The molecule has 0 unspecified atom stereocenters. The Labute approximate surface area is 140 Å². The molecule has 120 valence electrons. The van der Waals surface area contributed by atoms with Crippen LogP contribution in [-0.2, 0) is 6.42 Å². The minimum atomic E-state index is 0.601. The van der Waals surface area contributed by atoms with Crippen molar-refractivity contribution in [3.05, 3.63) is 47.1 Å². The maximum absolute atomic E-state index is 5.88. The van der Waals surface area contributed by atoms with Gasteiger partial charge in [0.1, 0.15) is 29.3 Å². The van der Waals surface area contributed by atoms with E-state index in [4.69, 9.17) is 4.74 Å². The third-order valence-corrected chi connectivity index (χ3v) is 4.51. The Morgan fingerprint density at radius 3 is 2.96 bits per heavy atom. The molecular weight excluding hydrogens is 306 g/mol. The SMILES string of the molecule is CCCc1ccc(OCCNc2ncnc3sccc23)c(C)c1. The van der Waals surface area contributed by atoms with Gasteiger partial charge in [0.2, 0.25) is 0 Å². The van der Waals surface area contributed by atoms with E-state index in [1.807, 2.05) is 11.4 Å². The fourth-order valence-electron chi connectivity index (χ4n) is 2.58. The number of hydrogen-bond donors (Lipinski definition) is 1. The molecule has 0 spiro atoms. The van der Waals surface area contributed by atoms with Gasteiger partial charge in [0.15, 0.2) is 0 Å². The van der Waals surface area contributed by atoms with E-state index in [9.17, 15) is 0 Å². The molecule has 4 nitrogen and oxygen atoms in total. The summed E-state index contributed by atoms with van der Waals surface area (Å²) in [5.41, 5.74) is 2.56. The summed E-state index contributed by atoms with van der Waals surface area (Å²) < 4.78 is 5.88. The summed E-state index contributed by atoms with van der Waals surface area (Å²) in [6.45, 7) is 5.60. The number of aryl methyl sites for hydroxylation is 2. The lowest BCUT2D eigenvalue weighted by Crippen LogP contribution is -2.13. The number of hydrogen-bond acceptors (Lipinski definition) is 5. The molecule has 0 amide bonds. The highest BCUT2D eigenvalue weighted by Gasteiger charge is 2.05. The minimum Gasteiger partial charge on any atom is -0.491 e. The zero-order valence-electron chi connectivity index (χ0n) is 13.5. The Morgan fingerprint density at radius 1 is 1.22 bits per heavy atom. The molecule has 0 fully saturated rings. The van der Waals surface area contributed by atoms with Gasteiger partial charge >= 0.3 is 0 Å². The van der Waals surface area contributed by atoms with Gasteiger partial charge in [-0.05, 0) is 42.0 Å². The second-order valence-electron chi connectivity index (χ2n) is 5.49. The molecule has 0 radical (unpaired) electrons. The molecule has 0 atom stereocenters. The molecule has 1 aromatic carbocycles. The highest BCUT2D eigenvalue weighted by Crippen LogP contribution is 2.23. The number of nitrogens with one attached hydrogen (secondary N) is 1. The first-order valence-electron chi connectivity index (χ1n) is 7.92. The lowest BCUT2D eigenvalue weighted by atomic mass is 10.1. The molecule has 3 rings (SSSR count). The molecule has 0 aliphatic rings. The number of thiophene rings is 1. The lowest BCUT2D eigenvalue weighted by Gasteiger charge is -2.11. The van der Waals surface area contributed by atoms with Crippen LogP contribution < -0.4 is 10.1 Å². The van der Waals surface area contributed by atoms with Crippen LogP contribution >= 0.6 is 11.3 Å². The molecule has 0 aliphatic heterocycles. The van der Waals surface area contributed by atoms with Crippen molar-refractivity contribution in [2.24, 2.45) is 0 Å². The van der Waals surface area contributed by atoms with Crippen LogP contribution in [0.5, 0.6) is 5.75 Å². The van der Waals surface area contributed by atoms with Crippen LogP contribution in [0, 0.1) is 6.92 Å². The summed E-state index contributed by atoms with van der Waals surface area (Å²) in [7, 11) is 0. The van der Waals surface area contributed by atoms with E-state index < -0.39 is 0 Å². The van der Waals surface area contributed by atoms with Crippen LogP contribution in [0.1, 0.15) is 24.5 Å². The minimum absolute atomic E-state index is 0.601. The van der Waals surface area contributed by atoms with Crippen LogP contribution in [0.3, 0.4) is 0 Å². The van der Waals surface area contributed by atoms with Gasteiger partial charge in [0, 0.05) is 0 Å². The summed E-state index contributed by atoms with van der Waals surface area (Å²) in [6, 6.07) is 8.48. The fourth-order valence-corrected chi connectivity index (χ4v) is 3.31. The van der Waals surface area contributed by atoms with Crippen molar-refractivity contribution in [3.8, 4) is 5.75 Å². The third kappa shape index (κ3) is 3.79. The van der Waals surface area contributed by atoms with Gasteiger partial charge in [0.05, 0.1) is 11.9 Å². The van der Waals surface area contributed by atoms with Crippen LogP contribution in [0.25, 0.3) is 10.2 Å². The first kappa shape index (κ1) is 15.7. The van der Waals surface area contributed by atoms with E-state index in [-0.39, 0.29) is 0 Å². The van der Waals surface area contributed by atoms with Crippen molar-refractivity contribution in [2.75, 3.05) is 18.5 Å². The monoisotopic (exact) mass is 327 g/mol. The summed E-state index contributed by atoms with van der Waals surface area (Å²) in [5, 5.41) is 6.42. The second-order valence-corrected chi connectivity index (χ2v) is 6.38. The van der Waals surface area contributed by atoms with E-state index in [2.05, 4.69) is 47.3 Å². The Balaban J connectivity index is 1.55. The summed E-state index contributed by atoms with van der Waals surface area (Å²) in [5.74, 6) is 1.82. The van der Waals surface area contributed by atoms with Crippen LogP contribution in [0.2, 0.25) is 0 Å². The van der Waals surface area contributed by atoms with E-state index in [0.29, 0.717) is 13.2 Å². The number of fused-ring (bicyclic) bond motifs is 1. The van der Waals surface area contributed by atoms with Crippen molar-refractivity contribution < 1.29 is 4.74 Å². The van der Waals surface area contributed by atoms with Gasteiger partial charge in [-0.25, -0.2) is 9.97 Å². The number of aromatic nitrogens is 2. The highest BCUT2D eigenvalue weighted by molar-refractivity contribution is 7.16. The van der Waals surface area contributed by atoms with E-state index in [1.165, 1.54) is 17.5 Å². The molecule has 0 saturated heterocycles. The predicted octanol–water partition coefficient (Wildman–Crippen LogP) is 4.44. The quantitative estimate of drug-likeness (QED) is 0.652. The summed E-state index contributed by atoms with van der Waals surface area (Å²) in [4.78, 5) is 9.56. The zero-order valence-corrected chi connectivity index (χ0v) is 14.3. The maximum atomic E-state index is 5.88. The Bertz CT molecular complexity index is 785. The van der Waals surface area contributed by atoms with Crippen LogP contribution in [-0.4, -0.2) is 23.1 Å². The molecule has 2 heterocycles.